The molecular formula is C15H18N2O2. The van der Waals surface area contributed by atoms with Crippen LogP contribution in [0, 0.1) is 0 Å². The van der Waals surface area contributed by atoms with E-state index in [0.29, 0.717) is 0 Å². The fourth-order valence-corrected chi connectivity index (χ4v) is 1.93. The van der Waals surface area contributed by atoms with Crippen LogP contribution in [-0.2, 0) is 0 Å². The number of nitrogens with zero attached hydrogens (tertiary/aromatic N) is 1. The Bertz CT molecular complexity index is 570. The minimum absolute atomic E-state index is 0.733. The van der Waals surface area contributed by atoms with Gasteiger partial charge in [0.2, 0.25) is 0 Å². The van der Waals surface area contributed by atoms with Gasteiger partial charge < -0.3 is 20.1 Å². The molecule has 2 aromatic rings. The van der Waals surface area contributed by atoms with E-state index in [2.05, 4.69) is 0 Å². The standard InChI is InChI=1S/C15H18N2O2/c1-17(12-6-4-5-11(16)9-12)14-8-7-13(18-2)10-15(14)19-3/h4-10H,16H2,1-3H3. The lowest BCUT2D eigenvalue weighted by Gasteiger charge is -2.22. The smallest absolute Gasteiger partial charge is 0.146 e. The van der Waals surface area contributed by atoms with E-state index in [1.54, 1.807) is 14.2 Å². The summed E-state index contributed by atoms with van der Waals surface area (Å²) in [6.07, 6.45) is 0. The third kappa shape index (κ3) is 2.73. The van der Waals surface area contributed by atoms with E-state index in [4.69, 9.17) is 15.2 Å². The summed E-state index contributed by atoms with van der Waals surface area (Å²) in [6.45, 7) is 0. The molecule has 0 fully saturated rings. The van der Waals surface area contributed by atoms with Crippen LogP contribution in [0.15, 0.2) is 42.5 Å². The minimum atomic E-state index is 0.733. The molecule has 4 heteroatoms. The fourth-order valence-electron chi connectivity index (χ4n) is 1.93. The maximum atomic E-state index is 5.81. The van der Waals surface area contributed by atoms with Gasteiger partial charge in [-0.25, -0.2) is 0 Å². The first kappa shape index (κ1) is 13.1. The average Bonchev–Trinajstić information content (AvgIpc) is 2.45. The number of anilines is 3. The van der Waals surface area contributed by atoms with Gasteiger partial charge in [0.1, 0.15) is 11.5 Å². The zero-order valence-corrected chi connectivity index (χ0v) is 11.4. The summed E-state index contributed by atoms with van der Waals surface area (Å²) in [5, 5.41) is 0. The van der Waals surface area contributed by atoms with Crippen molar-refractivity contribution in [1.82, 2.24) is 0 Å². The Balaban J connectivity index is 2.40. The van der Waals surface area contributed by atoms with Crippen molar-refractivity contribution in [3.8, 4) is 11.5 Å². The van der Waals surface area contributed by atoms with Gasteiger partial charge in [0.15, 0.2) is 0 Å². The number of nitrogen functional groups attached to an aromatic ring is 1. The van der Waals surface area contributed by atoms with E-state index >= 15 is 0 Å². The maximum Gasteiger partial charge on any atom is 0.146 e. The van der Waals surface area contributed by atoms with E-state index in [0.717, 1.165) is 28.6 Å². The van der Waals surface area contributed by atoms with Gasteiger partial charge in [0, 0.05) is 24.5 Å². The van der Waals surface area contributed by atoms with Crippen molar-refractivity contribution in [3.63, 3.8) is 0 Å². The van der Waals surface area contributed by atoms with Gasteiger partial charge in [-0.1, -0.05) is 6.07 Å². The van der Waals surface area contributed by atoms with Crippen molar-refractivity contribution in [2.75, 3.05) is 31.9 Å². The number of benzene rings is 2. The van der Waals surface area contributed by atoms with Crippen LogP contribution in [0.5, 0.6) is 11.5 Å². The number of ether oxygens (including phenoxy) is 2. The molecule has 0 saturated carbocycles. The molecule has 2 N–H and O–H groups in total. The third-order valence-electron chi connectivity index (χ3n) is 3.01. The van der Waals surface area contributed by atoms with Crippen LogP contribution >= 0.6 is 0 Å². The molecule has 0 heterocycles. The quantitative estimate of drug-likeness (QED) is 0.856. The molecule has 0 bridgehead atoms. The van der Waals surface area contributed by atoms with Crippen LogP contribution in [0.1, 0.15) is 0 Å². The number of nitrogens with two attached hydrogens (primary N) is 1. The SMILES string of the molecule is COc1ccc(N(C)c2cccc(N)c2)c(OC)c1. The Labute approximate surface area is 113 Å². The van der Waals surface area contributed by atoms with E-state index in [1.165, 1.54) is 0 Å². The third-order valence-corrected chi connectivity index (χ3v) is 3.01. The molecule has 0 amide bonds. The molecule has 2 rings (SSSR count). The lowest BCUT2D eigenvalue weighted by molar-refractivity contribution is 0.395. The normalized spacial score (nSPS) is 10.1. The lowest BCUT2D eigenvalue weighted by Crippen LogP contribution is -2.11. The van der Waals surface area contributed by atoms with Crippen molar-refractivity contribution in [2.45, 2.75) is 0 Å². The Kier molecular flexibility index (Phi) is 3.80. The van der Waals surface area contributed by atoms with Gasteiger partial charge in [-0.2, -0.15) is 0 Å². The van der Waals surface area contributed by atoms with Crippen LogP contribution in [0.4, 0.5) is 17.1 Å². The van der Waals surface area contributed by atoms with E-state index < -0.39 is 0 Å². The maximum absolute atomic E-state index is 5.81. The molecule has 0 aliphatic carbocycles. The zero-order chi connectivity index (χ0) is 13.8. The molecule has 2 aromatic carbocycles. The first-order chi connectivity index (χ1) is 9.15. The van der Waals surface area contributed by atoms with Gasteiger partial charge in [-0.15, -0.1) is 0 Å². The summed E-state index contributed by atoms with van der Waals surface area (Å²) >= 11 is 0. The number of methoxy groups -OCH3 is 2. The molecule has 0 aromatic heterocycles. The molecule has 0 aliphatic heterocycles. The number of hydrogen-bond acceptors (Lipinski definition) is 4. The summed E-state index contributed by atoms with van der Waals surface area (Å²) in [4.78, 5) is 2.02. The van der Waals surface area contributed by atoms with Crippen molar-refractivity contribution in [3.05, 3.63) is 42.5 Å². The summed E-state index contributed by atoms with van der Waals surface area (Å²) in [7, 11) is 5.25. The van der Waals surface area contributed by atoms with Gasteiger partial charge in [-0.05, 0) is 30.3 Å². The second kappa shape index (κ2) is 5.52. The number of rotatable bonds is 4. The molecule has 0 atom stereocenters. The van der Waals surface area contributed by atoms with E-state index in [-0.39, 0.29) is 0 Å². The molecule has 0 saturated heterocycles. The minimum Gasteiger partial charge on any atom is -0.497 e. The van der Waals surface area contributed by atoms with Gasteiger partial charge in [0.05, 0.1) is 19.9 Å². The molecule has 4 nitrogen and oxygen atoms in total. The molecule has 0 aliphatic rings. The Morgan fingerprint density at radius 3 is 2.42 bits per heavy atom. The van der Waals surface area contributed by atoms with Gasteiger partial charge in [0.25, 0.3) is 0 Å². The molecule has 0 spiro atoms. The Morgan fingerprint density at radius 1 is 1.00 bits per heavy atom. The second-order valence-corrected chi connectivity index (χ2v) is 4.19. The topological polar surface area (TPSA) is 47.7 Å². The van der Waals surface area contributed by atoms with Crippen molar-refractivity contribution in [1.29, 1.82) is 0 Å². The zero-order valence-electron chi connectivity index (χ0n) is 11.4. The lowest BCUT2D eigenvalue weighted by atomic mass is 10.2. The number of hydrogen-bond donors (Lipinski definition) is 1. The van der Waals surface area contributed by atoms with E-state index in [9.17, 15) is 0 Å². The fraction of sp³-hybridized carbons (Fsp3) is 0.200. The van der Waals surface area contributed by atoms with Crippen molar-refractivity contribution in [2.24, 2.45) is 0 Å². The highest BCUT2D eigenvalue weighted by atomic mass is 16.5. The van der Waals surface area contributed by atoms with Crippen LogP contribution in [0.25, 0.3) is 0 Å². The molecule has 0 radical (unpaired) electrons. The molecule has 0 unspecified atom stereocenters. The molecule has 19 heavy (non-hydrogen) atoms. The summed E-state index contributed by atoms with van der Waals surface area (Å²) < 4.78 is 10.6. The van der Waals surface area contributed by atoms with Crippen LogP contribution in [-0.4, -0.2) is 21.3 Å². The van der Waals surface area contributed by atoms with Crippen LogP contribution in [0.3, 0.4) is 0 Å². The van der Waals surface area contributed by atoms with E-state index in [1.807, 2.05) is 54.4 Å². The average molecular weight is 258 g/mol. The highest BCUT2D eigenvalue weighted by molar-refractivity contribution is 5.71. The van der Waals surface area contributed by atoms with Crippen molar-refractivity contribution >= 4 is 17.1 Å². The van der Waals surface area contributed by atoms with Crippen LogP contribution in [0.2, 0.25) is 0 Å². The second-order valence-electron chi connectivity index (χ2n) is 4.19. The highest BCUT2D eigenvalue weighted by Crippen LogP contribution is 2.35. The Hall–Kier alpha value is -2.36. The largest absolute Gasteiger partial charge is 0.497 e. The molecule has 100 valence electrons. The predicted molar refractivity (Wildman–Crippen MR) is 78.5 cm³/mol. The summed E-state index contributed by atoms with van der Waals surface area (Å²) in [5.41, 5.74) is 8.50. The van der Waals surface area contributed by atoms with Crippen molar-refractivity contribution < 1.29 is 9.47 Å². The summed E-state index contributed by atoms with van der Waals surface area (Å²) in [6, 6.07) is 13.4. The van der Waals surface area contributed by atoms with Gasteiger partial charge in [-0.3, -0.25) is 0 Å². The first-order valence-corrected chi connectivity index (χ1v) is 5.97. The first-order valence-electron chi connectivity index (χ1n) is 5.97. The monoisotopic (exact) mass is 258 g/mol. The molecular weight excluding hydrogens is 240 g/mol. The summed E-state index contributed by atoms with van der Waals surface area (Å²) in [5.74, 6) is 1.52. The van der Waals surface area contributed by atoms with Crippen LogP contribution < -0.4 is 20.1 Å². The predicted octanol–water partition coefficient (Wildman–Crippen LogP) is 3.05. The Morgan fingerprint density at radius 2 is 1.79 bits per heavy atom. The van der Waals surface area contributed by atoms with Gasteiger partial charge >= 0.3 is 0 Å². The highest BCUT2D eigenvalue weighted by Gasteiger charge is 2.11.